The molecule has 0 unspecified atom stereocenters. The first-order chi connectivity index (χ1) is 14.2. The third kappa shape index (κ3) is 4.92. The zero-order chi connectivity index (χ0) is 20.1. The summed E-state index contributed by atoms with van der Waals surface area (Å²) >= 11 is 0. The van der Waals surface area contributed by atoms with Gasteiger partial charge in [-0.1, -0.05) is 36.4 Å². The van der Waals surface area contributed by atoms with Gasteiger partial charge in [0.05, 0.1) is 31.6 Å². The van der Waals surface area contributed by atoms with Crippen LogP contribution < -0.4 is 9.64 Å². The van der Waals surface area contributed by atoms with Crippen LogP contribution in [0.15, 0.2) is 48.5 Å². The number of rotatable bonds is 7. The fourth-order valence-corrected chi connectivity index (χ4v) is 4.52. The van der Waals surface area contributed by atoms with Gasteiger partial charge in [0, 0.05) is 32.7 Å². The molecule has 0 radical (unpaired) electrons. The summed E-state index contributed by atoms with van der Waals surface area (Å²) in [5, 5.41) is 10.5. The normalized spacial score (nSPS) is 20.9. The van der Waals surface area contributed by atoms with Crippen molar-refractivity contribution in [2.45, 2.75) is 31.5 Å². The summed E-state index contributed by atoms with van der Waals surface area (Å²) in [7, 11) is 1.72. The van der Waals surface area contributed by atoms with Crippen molar-refractivity contribution in [3.63, 3.8) is 0 Å². The number of hydrogen-bond donors (Lipinski definition) is 1. The molecular weight excluding hydrogens is 364 g/mol. The number of piperazine rings is 1. The molecule has 1 heterocycles. The number of benzene rings is 2. The maximum atomic E-state index is 10.5. The van der Waals surface area contributed by atoms with E-state index in [2.05, 4.69) is 46.2 Å². The molecule has 0 spiro atoms. The molecule has 1 fully saturated rings. The molecule has 2 atom stereocenters. The van der Waals surface area contributed by atoms with E-state index in [1.807, 2.05) is 12.1 Å². The Morgan fingerprint density at radius 1 is 1.03 bits per heavy atom. The molecular formula is C24H32N2O3. The summed E-state index contributed by atoms with van der Waals surface area (Å²) < 4.78 is 11.6. The lowest BCUT2D eigenvalue weighted by Gasteiger charge is -2.37. The maximum Gasteiger partial charge on any atom is 0.142 e. The molecule has 4 rings (SSSR count). The van der Waals surface area contributed by atoms with Gasteiger partial charge in [-0.15, -0.1) is 0 Å². The Morgan fingerprint density at radius 2 is 1.79 bits per heavy atom. The average molecular weight is 397 g/mol. The van der Waals surface area contributed by atoms with Gasteiger partial charge in [-0.2, -0.15) is 0 Å². The van der Waals surface area contributed by atoms with Crippen LogP contribution in [-0.2, 0) is 11.2 Å². The zero-order valence-electron chi connectivity index (χ0n) is 17.3. The number of aryl methyl sites for hydroxylation is 1. The average Bonchev–Trinajstić information content (AvgIpc) is 2.78. The first kappa shape index (κ1) is 20.2. The third-order valence-electron chi connectivity index (χ3n) is 6.07. The van der Waals surface area contributed by atoms with Crippen LogP contribution in [0.4, 0.5) is 5.69 Å². The lowest BCUT2D eigenvalue weighted by atomic mass is 9.89. The van der Waals surface area contributed by atoms with E-state index in [-0.39, 0.29) is 6.10 Å². The predicted molar refractivity (Wildman–Crippen MR) is 116 cm³/mol. The van der Waals surface area contributed by atoms with Gasteiger partial charge in [0.1, 0.15) is 5.75 Å². The van der Waals surface area contributed by atoms with Crippen molar-refractivity contribution in [1.82, 2.24) is 4.90 Å². The number of aliphatic hydroxyl groups excluding tert-OH is 1. The lowest BCUT2D eigenvalue weighted by molar-refractivity contribution is -0.0285. The molecule has 0 saturated carbocycles. The quantitative estimate of drug-likeness (QED) is 0.778. The Balaban J connectivity index is 1.24. The number of β-amino-alcohol motifs (C(OH)–C–C–N with tert-alkyl or cyclic N) is 1. The molecule has 0 amide bonds. The van der Waals surface area contributed by atoms with Crippen molar-refractivity contribution >= 4 is 5.69 Å². The highest BCUT2D eigenvalue weighted by atomic mass is 16.5. The second-order valence-corrected chi connectivity index (χ2v) is 8.03. The van der Waals surface area contributed by atoms with Crippen LogP contribution in [0.1, 0.15) is 30.1 Å². The number of hydrogen-bond acceptors (Lipinski definition) is 5. The SMILES string of the molecule is COc1ccccc1N1CCN(C[C@H](O)CO[C@@H]2CCCc3ccccc32)CC1. The highest BCUT2D eigenvalue weighted by Crippen LogP contribution is 2.32. The van der Waals surface area contributed by atoms with Gasteiger partial charge in [-0.3, -0.25) is 4.90 Å². The molecule has 1 aliphatic heterocycles. The zero-order valence-corrected chi connectivity index (χ0v) is 17.3. The van der Waals surface area contributed by atoms with Crippen LogP contribution >= 0.6 is 0 Å². The molecule has 1 saturated heterocycles. The number of aliphatic hydroxyl groups is 1. The first-order valence-electron chi connectivity index (χ1n) is 10.7. The van der Waals surface area contributed by atoms with Crippen LogP contribution in [-0.4, -0.2) is 62.6 Å². The lowest BCUT2D eigenvalue weighted by Crippen LogP contribution is -2.49. The van der Waals surface area contributed by atoms with E-state index in [0.717, 1.165) is 56.9 Å². The Morgan fingerprint density at radius 3 is 2.62 bits per heavy atom. The van der Waals surface area contributed by atoms with Crippen LogP contribution in [0.2, 0.25) is 0 Å². The summed E-state index contributed by atoms with van der Waals surface area (Å²) in [5.41, 5.74) is 3.84. The second-order valence-electron chi connectivity index (χ2n) is 8.03. The number of nitrogens with zero attached hydrogens (tertiary/aromatic N) is 2. The number of para-hydroxylation sites is 2. The fourth-order valence-electron chi connectivity index (χ4n) is 4.52. The van der Waals surface area contributed by atoms with E-state index in [0.29, 0.717) is 13.2 Å². The minimum atomic E-state index is -0.457. The summed E-state index contributed by atoms with van der Waals surface area (Å²) in [5.74, 6) is 0.919. The smallest absolute Gasteiger partial charge is 0.142 e. The Kier molecular flexibility index (Phi) is 6.70. The number of fused-ring (bicyclic) bond motifs is 1. The van der Waals surface area contributed by atoms with Crippen molar-refractivity contribution in [2.24, 2.45) is 0 Å². The van der Waals surface area contributed by atoms with Gasteiger partial charge in [0.2, 0.25) is 0 Å². The predicted octanol–water partition coefficient (Wildman–Crippen LogP) is 3.27. The molecule has 1 N–H and O–H groups in total. The van der Waals surface area contributed by atoms with Crippen molar-refractivity contribution in [3.8, 4) is 5.75 Å². The minimum absolute atomic E-state index is 0.122. The van der Waals surface area contributed by atoms with E-state index in [9.17, 15) is 5.11 Å². The molecule has 2 aromatic rings. The van der Waals surface area contributed by atoms with Gasteiger partial charge in [-0.05, 0) is 42.5 Å². The highest BCUT2D eigenvalue weighted by Gasteiger charge is 2.24. The molecule has 5 heteroatoms. The van der Waals surface area contributed by atoms with Crippen LogP contribution in [0.25, 0.3) is 0 Å². The van der Waals surface area contributed by atoms with Gasteiger partial charge in [0.15, 0.2) is 0 Å². The summed E-state index contributed by atoms with van der Waals surface area (Å²) in [6.45, 7) is 4.79. The number of ether oxygens (including phenoxy) is 2. The van der Waals surface area contributed by atoms with Crippen molar-refractivity contribution in [1.29, 1.82) is 0 Å². The molecule has 0 aromatic heterocycles. The van der Waals surface area contributed by atoms with Crippen LogP contribution in [0.5, 0.6) is 5.75 Å². The fraction of sp³-hybridized carbons (Fsp3) is 0.500. The summed E-state index contributed by atoms with van der Waals surface area (Å²) in [4.78, 5) is 4.69. The molecule has 0 bridgehead atoms. The third-order valence-corrected chi connectivity index (χ3v) is 6.07. The minimum Gasteiger partial charge on any atom is -0.495 e. The molecule has 29 heavy (non-hydrogen) atoms. The molecule has 2 aliphatic rings. The van der Waals surface area contributed by atoms with Crippen LogP contribution in [0, 0.1) is 0 Å². The maximum absolute atomic E-state index is 10.5. The highest BCUT2D eigenvalue weighted by molar-refractivity contribution is 5.58. The summed E-state index contributed by atoms with van der Waals surface area (Å²) in [6.07, 6.45) is 3.00. The Hall–Kier alpha value is -2.08. The standard InChI is InChI=1S/C24H32N2O3/c1-28-24-11-5-4-10-22(24)26-15-13-25(14-16-26)17-20(27)18-29-23-12-6-8-19-7-2-3-9-21(19)23/h2-5,7,9-11,20,23,27H,6,8,12-18H2,1H3/t20-,23+/m0/s1. The van der Waals surface area contributed by atoms with E-state index in [1.165, 1.54) is 11.1 Å². The monoisotopic (exact) mass is 396 g/mol. The molecule has 2 aromatic carbocycles. The van der Waals surface area contributed by atoms with E-state index in [1.54, 1.807) is 7.11 Å². The van der Waals surface area contributed by atoms with Crippen molar-refractivity contribution < 1.29 is 14.6 Å². The summed E-state index contributed by atoms with van der Waals surface area (Å²) in [6, 6.07) is 16.7. The van der Waals surface area contributed by atoms with Gasteiger partial charge in [0.25, 0.3) is 0 Å². The van der Waals surface area contributed by atoms with E-state index < -0.39 is 6.10 Å². The second kappa shape index (κ2) is 9.61. The van der Waals surface area contributed by atoms with Crippen molar-refractivity contribution in [3.05, 3.63) is 59.7 Å². The van der Waals surface area contributed by atoms with Gasteiger partial charge < -0.3 is 19.5 Å². The van der Waals surface area contributed by atoms with Gasteiger partial charge in [-0.25, -0.2) is 0 Å². The Labute approximate surface area is 173 Å². The largest absolute Gasteiger partial charge is 0.495 e. The topological polar surface area (TPSA) is 45.2 Å². The molecule has 5 nitrogen and oxygen atoms in total. The molecule has 156 valence electrons. The van der Waals surface area contributed by atoms with Gasteiger partial charge >= 0.3 is 0 Å². The van der Waals surface area contributed by atoms with E-state index in [4.69, 9.17) is 9.47 Å². The Bertz CT molecular complexity index is 789. The molecule has 1 aliphatic carbocycles. The number of methoxy groups -OCH3 is 1. The van der Waals surface area contributed by atoms with E-state index >= 15 is 0 Å². The van der Waals surface area contributed by atoms with Crippen molar-refractivity contribution in [2.75, 3.05) is 51.3 Å². The first-order valence-corrected chi connectivity index (χ1v) is 10.7. The van der Waals surface area contributed by atoms with Crippen LogP contribution in [0.3, 0.4) is 0 Å². The number of anilines is 1.